The average molecular weight is 619 g/mol. The van der Waals surface area contributed by atoms with Gasteiger partial charge in [0.25, 0.3) is 5.91 Å². The number of terminal acetylenes is 1. The van der Waals surface area contributed by atoms with Gasteiger partial charge in [0.1, 0.15) is 22.8 Å². The number of ether oxygens (including phenoxy) is 2. The third-order valence-electron chi connectivity index (χ3n) is 8.47. The highest BCUT2D eigenvalue weighted by molar-refractivity contribution is 6.14. The first-order chi connectivity index (χ1) is 22.3. The van der Waals surface area contributed by atoms with Crippen LogP contribution in [0.2, 0.25) is 0 Å². The fourth-order valence-corrected chi connectivity index (χ4v) is 5.80. The molecule has 1 aliphatic carbocycles. The number of hydrogen-bond donors (Lipinski definition) is 2. The van der Waals surface area contributed by atoms with Crippen LogP contribution in [0.4, 0.5) is 5.82 Å². The van der Waals surface area contributed by atoms with Gasteiger partial charge in [-0.1, -0.05) is 12.6 Å². The van der Waals surface area contributed by atoms with E-state index in [4.69, 9.17) is 20.9 Å². The molecular formula is C35H36N7O4+. The molecule has 11 heteroatoms. The zero-order valence-corrected chi connectivity index (χ0v) is 26.2. The van der Waals surface area contributed by atoms with E-state index in [2.05, 4.69) is 44.0 Å². The molecule has 11 nitrogen and oxygen atoms in total. The molecule has 0 saturated heterocycles. The number of H-pyrrole nitrogens is 1. The Labute approximate surface area is 267 Å². The molecular weight excluding hydrogens is 582 g/mol. The first kappa shape index (κ1) is 30.7. The lowest BCUT2D eigenvalue weighted by Crippen LogP contribution is -2.47. The summed E-state index contributed by atoms with van der Waals surface area (Å²) in [7, 11) is 1.57. The van der Waals surface area contributed by atoms with Crippen LogP contribution in [0.5, 0.6) is 11.5 Å². The van der Waals surface area contributed by atoms with Gasteiger partial charge in [0.2, 0.25) is 5.71 Å². The number of carbonyl (C=O) groups is 2. The molecule has 1 aromatic carbocycles. The highest BCUT2D eigenvalue weighted by atomic mass is 16.5. The number of aryl methyl sites for hydroxylation is 2. The number of fused-ring (bicyclic) bond motifs is 1. The summed E-state index contributed by atoms with van der Waals surface area (Å²) in [5.41, 5.74) is 5.12. The largest absolute Gasteiger partial charge is 0.495 e. The molecule has 1 aliphatic heterocycles. The molecule has 0 bridgehead atoms. The Hall–Kier alpha value is -5.34. The van der Waals surface area contributed by atoms with E-state index < -0.39 is 6.10 Å². The molecule has 0 unspecified atom stereocenters. The van der Waals surface area contributed by atoms with Crippen LogP contribution in [0.1, 0.15) is 57.6 Å². The molecule has 1 fully saturated rings. The number of aromatic nitrogens is 4. The Morgan fingerprint density at radius 3 is 2.72 bits per heavy atom. The van der Waals surface area contributed by atoms with Gasteiger partial charge in [0.15, 0.2) is 12.6 Å². The monoisotopic (exact) mass is 618 g/mol. The van der Waals surface area contributed by atoms with Gasteiger partial charge in [-0.2, -0.15) is 9.67 Å². The summed E-state index contributed by atoms with van der Waals surface area (Å²) in [5.74, 6) is 4.32. The summed E-state index contributed by atoms with van der Waals surface area (Å²) < 4.78 is 13.6. The highest BCUT2D eigenvalue weighted by Crippen LogP contribution is 2.40. The number of amides is 2. The molecule has 2 amide bonds. The Morgan fingerprint density at radius 1 is 1.22 bits per heavy atom. The first-order valence-corrected chi connectivity index (χ1v) is 15.2. The number of carbonyl (C=O) groups excluding carboxylic acids is 2. The molecule has 1 atom stereocenters. The number of benzene rings is 1. The van der Waals surface area contributed by atoms with Crippen molar-refractivity contribution in [2.24, 2.45) is 0 Å². The van der Waals surface area contributed by atoms with Crippen LogP contribution in [0.3, 0.4) is 0 Å². The van der Waals surface area contributed by atoms with Crippen LogP contribution in [0, 0.1) is 26.2 Å². The Bertz CT molecular complexity index is 1900. The van der Waals surface area contributed by atoms with Gasteiger partial charge in [0, 0.05) is 24.2 Å². The molecule has 4 aromatic rings. The number of methoxy groups -OCH3 is 1. The molecule has 234 valence electrons. The van der Waals surface area contributed by atoms with Crippen molar-refractivity contribution in [1.29, 1.82) is 0 Å². The summed E-state index contributed by atoms with van der Waals surface area (Å²) in [5, 5.41) is 10.8. The van der Waals surface area contributed by atoms with Crippen LogP contribution in [-0.4, -0.2) is 80.5 Å². The number of aromatic amines is 1. The minimum atomic E-state index is -0.481. The van der Waals surface area contributed by atoms with E-state index in [0.717, 1.165) is 11.3 Å². The third-order valence-corrected chi connectivity index (χ3v) is 8.47. The number of nitrogens with zero attached hydrogens (tertiary/aromatic N) is 5. The van der Waals surface area contributed by atoms with Crippen molar-refractivity contribution in [2.75, 3.05) is 38.6 Å². The molecule has 1 saturated carbocycles. The summed E-state index contributed by atoms with van der Waals surface area (Å²) in [4.78, 5) is 37.3. The number of anilines is 1. The van der Waals surface area contributed by atoms with E-state index in [1.807, 2.05) is 38.2 Å². The van der Waals surface area contributed by atoms with Gasteiger partial charge in [-0.15, -0.1) is 6.42 Å². The number of pyridine rings is 2. The fraction of sp³-hybridized carbons (Fsp3) is 0.314. The minimum absolute atomic E-state index is 0.211. The van der Waals surface area contributed by atoms with Gasteiger partial charge >= 0.3 is 5.91 Å². The molecule has 3 aromatic heterocycles. The Kier molecular flexibility index (Phi) is 8.63. The van der Waals surface area contributed by atoms with E-state index in [1.54, 1.807) is 24.1 Å². The maximum atomic E-state index is 13.6. The van der Waals surface area contributed by atoms with Crippen molar-refractivity contribution in [3.63, 3.8) is 0 Å². The normalized spacial score (nSPS) is 15.7. The lowest BCUT2D eigenvalue weighted by Gasteiger charge is -2.29. The van der Waals surface area contributed by atoms with Crippen molar-refractivity contribution in [3.05, 3.63) is 83.5 Å². The second kappa shape index (κ2) is 12.9. The highest BCUT2D eigenvalue weighted by Gasteiger charge is 2.32. The summed E-state index contributed by atoms with van der Waals surface area (Å²) in [6.45, 7) is 9.25. The molecule has 4 heterocycles. The average Bonchev–Trinajstić information content (AvgIpc) is 3.81. The zero-order valence-electron chi connectivity index (χ0n) is 26.2. The number of nitrogens with one attached hydrogen (secondary N) is 2. The van der Waals surface area contributed by atoms with Crippen molar-refractivity contribution in [3.8, 4) is 23.8 Å². The Morgan fingerprint density at radius 2 is 2.04 bits per heavy atom. The predicted molar refractivity (Wildman–Crippen MR) is 175 cm³/mol. The molecule has 6 rings (SSSR count). The van der Waals surface area contributed by atoms with Gasteiger partial charge in [-0.25, -0.2) is 9.78 Å². The summed E-state index contributed by atoms with van der Waals surface area (Å²) in [6.07, 6.45) is 14.1. The summed E-state index contributed by atoms with van der Waals surface area (Å²) >= 11 is 0. The second-order valence-corrected chi connectivity index (χ2v) is 11.6. The lowest BCUT2D eigenvalue weighted by molar-refractivity contribution is -0.450. The van der Waals surface area contributed by atoms with E-state index in [-0.39, 0.29) is 11.8 Å². The maximum Gasteiger partial charge on any atom is 0.412 e. The minimum Gasteiger partial charge on any atom is -0.495 e. The molecule has 0 spiro atoms. The van der Waals surface area contributed by atoms with Gasteiger partial charge in [-0.05, 0) is 73.4 Å². The molecule has 46 heavy (non-hydrogen) atoms. The smallest absolute Gasteiger partial charge is 0.412 e. The molecule has 2 aliphatic rings. The fourth-order valence-electron chi connectivity index (χ4n) is 5.80. The predicted octanol–water partition coefficient (Wildman–Crippen LogP) is 4.34. The van der Waals surface area contributed by atoms with Crippen molar-refractivity contribution in [2.45, 2.75) is 38.7 Å². The quantitative estimate of drug-likeness (QED) is 0.153. The van der Waals surface area contributed by atoms with Gasteiger partial charge < -0.3 is 14.8 Å². The van der Waals surface area contributed by atoms with E-state index in [9.17, 15) is 9.59 Å². The number of rotatable bonds is 10. The maximum absolute atomic E-state index is 13.6. The van der Waals surface area contributed by atoms with Crippen LogP contribution >= 0.6 is 0 Å². The molecule has 0 radical (unpaired) electrons. The summed E-state index contributed by atoms with van der Waals surface area (Å²) in [6, 6.07) is 7.79. The van der Waals surface area contributed by atoms with Gasteiger partial charge in [-0.3, -0.25) is 19.8 Å². The SMILES string of the molecule is C#CC1=[N+](C(=O)C=C)CCN(C[C@@H](Oc2cc(C)c(C(=O)Nc3ncc(OC)cc3C)c3cn[nH]c23)c2ccc(C3CC3)cn2)C1. The van der Waals surface area contributed by atoms with Crippen LogP contribution in [0.15, 0.2) is 55.5 Å². The second-order valence-electron chi connectivity index (χ2n) is 11.6. The standard InChI is InChI=1S/C35H35N7O4/c1-6-25-19-41(12-13-42(25)31(43)7-2)20-30(28-11-10-24(16-36-28)23-8-9-23)46-29-15-21(3)32(27-18-38-40-33(27)29)35(44)39-34-22(4)14-26(45-5)17-37-34/h1,7,10-11,14-18,23,30H,2,8-9,12-13,19-20H2,3-5H3,(H-,37,38,39,40,44)/p+1/t30-/m1/s1. The first-order valence-electron chi connectivity index (χ1n) is 15.2. The topological polar surface area (TPSA) is 125 Å². The van der Waals surface area contributed by atoms with E-state index in [1.165, 1.54) is 24.5 Å². The van der Waals surface area contributed by atoms with Crippen LogP contribution < -0.4 is 14.8 Å². The van der Waals surface area contributed by atoms with E-state index in [0.29, 0.717) is 77.2 Å². The zero-order chi connectivity index (χ0) is 32.4. The van der Waals surface area contributed by atoms with Crippen molar-refractivity contribution >= 4 is 34.2 Å². The molecule has 2 N–H and O–H groups in total. The Balaban J connectivity index is 1.30. The third kappa shape index (κ3) is 6.25. The van der Waals surface area contributed by atoms with Crippen molar-refractivity contribution < 1.29 is 23.6 Å². The lowest BCUT2D eigenvalue weighted by atomic mass is 10.0. The number of hydrogen-bond acceptors (Lipinski definition) is 8. The van der Waals surface area contributed by atoms with Crippen LogP contribution in [-0.2, 0) is 4.79 Å². The van der Waals surface area contributed by atoms with Crippen molar-refractivity contribution in [1.82, 2.24) is 25.1 Å². The van der Waals surface area contributed by atoms with Crippen LogP contribution in [0.25, 0.3) is 10.9 Å². The van der Waals surface area contributed by atoms with Gasteiger partial charge in [0.05, 0.1) is 43.9 Å². The van der Waals surface area contributed by atoms with E-state index >= 15 is 0 Å².